The fraction of sp³-hybridized carbons (Fsp3) is 0.375. The van der Waals surface area contributed by atoms with Crippen LogP contribution in [0.1, 0.15) is 19.4 Å². The Balaban J connectivity index is 2.79. The Hall–Kier alpha value is -2.50. The minimum atomic E-state index is -1.05. The molecule has 1 amide bonds. The summed E-state index contributed by atoms with van der Waals surface area (Å²) in [6.07, 6.45) is 2.87. The van der Waals surface area contributed by atoms with Crippen molar-refractivity contribution in [1.29, 1.82) is 0 Å². The highest BCUT2D eigenvalue weighted by Crippen LogP contribution is 2.27. The Kier molecular flexibility index (Phi) is 6.44. The molecule has 0 fully saturated rings. The first-order chi connectivity index (χ1) is 10.4. The summed E-state index contributed by atoms with van der Waals surface area (Å²) in [6, 6.07) is 4.30. The molecule has 0 aliphatic rings. The van der Waals surface area contributed by atoms with Crippen molar-refractivity contribution in [2.75, 3.05) is 14.2 Å². The van der Waals surface area contributed by atoms with Crippen molar-refractivity contribution in [3.63, 3.8) is 0 Å². The van der Waals surface area contributed by atoms with Crippen LogP contribution in [0.25, 0.3) is 6.08 Å². The molecule has 0 saturated carbocycles. The highest BCUT2D eigenvalue weighted by Gasteiger charge is 2.22. The fourth-order valence-electron chi connectivity index (χ4n) is 1.84. The van der Waals surface area contributed by atoms with Crippen LogP contribution in [-0.2, 0) is 9.59 Å². The first-order valence-electron chi connectivity index (χ1n) is 6.82. The molecule has 0 spiro atoms. The zero-order valence-electron chi connectivity index (χ0n) is 13.1. The Morgan fingerprint density at radius 1 is 1.18 bits per heavy atom. The Morgan fingerprint density at radius 2 is 1.82 bits per heavy atom. The van der Waals surface area contributed by atoms with Gasteiger partial charge in [0.25, 0.3) is 0 Å². The van der Waals surface area contributed by atoms with Gasteiger partial charge in [-0.2, -0.15) is 0 Å². The van der Waals surface area contributed by atoms with Crippen LogP contribution in [-0.4, -0.2) is 37.2 Å². The largest absolute Gasteiger partial charge is 0.493 e. The molecule has 0 unspecified atom stereocenters. The number of rotatable bonds is 7. The molecular formula is C16H21NO5. The predicted molar refractivity (Wildman–Crippen MR) is 83.0 cm³/mol. The number of carbonyl (C=O) groups excluding carboxylic acids is 1. The van der Waals surface area contributed by atoms with E-state index in [9.17, 15) is 9.59 Å². The van der Waals surface area contributed by atoms with Crippen LogP contribution in [0.2, 0.25) is 0 Å². The number of aliphatic carboxylic acids is 1. The highest BCUT2D eigenvalue weighted by atomic mass is 16.5. The number of nitrogens with one attached hydrogen (secondary N) is 1. The lowest BCUT2D eigenvalue weighted by atomic mass is 10.0. The van der Waals surface area contributed by atoms with Gasteiger partial charge in [-0.15, -0.1) is 0 Å². The van der Waals surface area contributed by atoms with Gasteiger partial charge in [-0.1, -0.05) is 19.9 Å². The molecule has 1 atom stereocenters. The second kappa shape index (κ2) is 8.07. The Bertz CT molecular complexity index is 566. The van der Waals surface area contributed by atoms with Crippen molar-refractivity contribution in [1.82, 2.24) is 5.32 Å². The smallest absolute Gasteiger partial charge is 0.326 e. The van der Waals surface area contributed by atoms with Crippen molar-refractivity contribution in [2.45, 2.75) is 19.9 Å². The molecule has 6 heteroatoms. The maximum atomic E-state index is 11.8. The average molecular weight is 307 g/mol. The van der Waals surface area contributed by atoms with Gasteiger partial charge in [-0.05, 0) is 29.7 Å². The maximum Gasteiger partial charge on any atom is 0.326 e. The minimum absolute atomic E-state index is 0.198. The molecule has 1 aromatic carbocycles. The molecule has 22 heavy (non-hydrogen) atoms. The average Bonchev–Trinajstić information content (AvgIpc) is 2.49. The van der Waals surface area contributed by atoms with Gasteiger partial charge in [0.2, 0.25) is 5.91 Å². The molecular weight excluding hydrogens is 286 g/mol. The van der Waals surface area contributed by atoms with Gasteiger partial charge in [-0.3, -0.25) is 4.79 Å². The molecule has 1 aromatic rings. The number of amides is 1. The Morgan fingerprint density at radius 3 is 2.32 bits per heavy atom. The number of ether oxygens (including phenoxy) is 2. The van der Waals surface area contributed by atoms with Gasteiger partial charge in [0.05, 0.1) is 14.2 Å². The number of carbonyl (C=O) groups is 2. The van der Waals surface area contributed by atoms with Gasteiger partial charge < -0.3 is 19.9 Å². The van der Waals surface area contributed by atoms with E-state index in [1.807, 2.05) is 0 Å². The zero-order chi connectivity index (χ0) is 16.7. The third-order valence-corrected chi connectivity index (χ3v) is 3.07. The summed E-state index contributed by atoms with van der Waals surface area (Å²) < 4.78 is 10.3. The van der Waals surface area contributed by atoms with Crippen LogP contribution in [0.3, 0.4) is 0 Å². The van der Waals surface area contributed by atoms with Crippen molar-refractivity contribution in [3.8, 4) is 11.5 Å². The zero-order valence-corrected chi connectivity index (χ0v) is 13.1. The summed E-state index contributed by atoms with van der Waals surface area (Å²) in [4.78, 5) is 22.8. The highest BCUT2D eigenvalue weighted by molar-refractivity contribution is 5.94. The lowest BCUT2D eigenvalue weighted by Gasteiger charge is -2.16. The van der Waals surface area contributed by atoms with E-state index in [-0.39, 0.29) is 5.92 Å². The van der Waals surface area contributed by atoms with E-state index in [4.69, 9.17) is 14.6 Å². The topological polar surface area (TPSA) is 84.9 Å². The first-order valence-corrected chi connectivity index (χ1v) is 6.82. The number of benzene rings is 1. The standard InChI is InChI=1S/C16H21NO5/c1-10(2)15(16(19)20)17-14(18)8-6-11-5-7-12(21-3)13(9-11)22-4/h5-10,15H,1-4H3,(H,17,18)(H,19,20)/b8-6+/t15-/m0/s1. The SMILES string of the molecule is COc1ccc(/C=C/C(=O)N[C@H](C(=O)O)C(C)C)cc1OC. The van der Waals surface area contributed by atoms with Gasteiger partial charge in [0.15, 0.2) is 11.5 Å². The van der Waals surface area contributed by atoms with E-state index in [1.165, 1.54) is 13.2 Å². The maximum absolute atomic E-state index is 11.8. The quantitative estimate of drug-likeness (QED) is 0.752. The van der Waals surface area contributed by atoms with Crippen LogP contribution in [0.4, 0.5) is 0 Å². The third kappa shape index (κ3) is 4.80. The summed E-state index contributed by atoms with van der Waals surface area (Å²) >= 11 is 0. The molecule has 0 aromatic heterocycles. The Labute approximate surface area is 129 Å². The fourth-order valence-corrected chi connectivity index (χ4v) is 1.84. The molecule has 0 radical (unpaired) electrons. The number of carboxylic acid groups (broad SMARTS) is 1. The second-order valence-electron chi connectivity index (χ2n) is 5.02. The summed E-state index contributed by atoms with van der Waals surface area (Å²) in [5, 5.41) is 11.5. The predicted octanol–water partition coefficient (Wildman–Crippen LogP) is 1.94. The van der Waals surface area contributed by atoms with E-state index >= 15 is 0 Å². The van der Waals surface area contributed by atoms with Crippen molar-refractivity contribution < 1.29 is 24.2 Å². The second-order valence-corrected chi connectivity index (χ2v) is 5.02. The summed E-state index contributed by atoms with van der Waals surface area (Å²) in [7, 11) is 3.07. The first kappa shape index (κ1) is 17.6. The van der Waals surface area contributed by atoms with Crippen molar-refractivity contribution in [2.24, 2.45) is 5.92 Å². The molecule has 120 valence electrons. The molecule has 0 aliphatic carbocycles. The van der Waals surface area contributed by atoms with E-state index in [0.29, 0.717) is 11.5 Å². The molecule has 0 saturated heterocycles. The molecule has 1 rings (SSSR count). The number of methoxy groups -OCH3 is 2. The number of hydrogen-bond acceptors (Lipinski definition) is 4. The monoisotopic (exact) mass is 307 g/mol. The van der Waals surface area contributed by atoms with Crippen LogP contribution >= 0.6 is 0 Å². The summed E-state index contributed by atoms with van der Waals surface area (Å²) in [5.74, 6) is -0.569. The van der Waals surface area contributed by atoms with Gasteiger partial charge in [0, 0.05) is 6.08 Å². The van der Waals surface area contributed by atoms with E-state index in [0.717, 1.165) is 5.56 Å². The lowest BCUT2D eigenvalue weighted by Crippen LogP contribution is -2.43. The number of hydrogen-bond donors (Lipinski definition) is 2. The van der Waals surface area contributed by atoms with Crippen molar-refractivity contribution >= 4 is 18.0 Å². The van der Waals surface area contributed by atoms with Crippen LogP contribution in [0.5, 0.6) is 11.5 Å². The van der Waals surface area contributed by atoms with Gasteiger partial charge >= 0.3 is 5.97 Å². The molecule has 0 bridgehead atoms. The van der Waals surface area contributed by atoms with Crippen LogP contribution in [0.15, 0.2) is 24.3 Å². The van der Waals surface area contributed by atoms with E-state index < -0.39 is 17.9 Å². The van der Waals surface area contributed by atoms with Crippen LogP contribution < -0.4 is 14.8 Å². The number of carboxylic acids is 1. The van der Waals surface area contributed by atoms with Crippen LogP contribution in [0, 0.1) is 5.92 Å². The van der Waals surface area contributed by atoms with E-state index in [2.05, 4.69) is 5.32 Å². The molecule has 6 nitrogen and oxygen atoms in total. The van der Waals surface area contributed by atoms with Gasteiger partial charge in [0.1, 0.15) is 6.04 Å². The minimum Gasteiger partial charge on any atom is -0.493 e. The third-order valence-electron chi connectivity index (χ3n) is 3.07. The van der Waals surface area contributed by atoms with Gasteiger partial charge in [-0.25, -0.2) is 4.79 Å². The van der Waals surface area contributed by atoms with E-state index in [1.54, 1.807) is 45.2 Å². The molecule has 0 aliphatic heterocycles. The molecule has 0 heterocycles. The summed E-state index contributed by atoms with van der Waals surface area (Å²) in [6.45, 7) is 3.47. The molecule has 2 N–H and O–H groups in total. The van der Waals surface area contributed by atoms with Crippen molar-refractivity contribution in [3.05, 3.63) is 29.8 Å². The normalized spacial score (nSPS) is 12.2. The summed E-state index contributed by atoms with van der Waals surface area (Å²) in [5.41, 5.74) is 0.740. The lowest BCUT2D eigenvalue weighted by molar-refractivity contribution is -0.142.